The fraction of sp³-hybridized carbons (Fsp3) is 0.263. The maximum atomic E-state index is 11.1. The maximum Gasteiger partial charge on any atom is 0.124 e. The fourth-order valence-corrected chi connectivity index (χ4v) is 6.24. The molecule has 0 aromatic heterocycles. The molecule has 1 fully saturated rings. The third-order valence-electron chi connectivity index (χ3n) is 8.39. The molecule has 42 heavy (non-hydrogen) atoms. The van der Waals surface area contributed by atoms with Gasteiger partial charge >= 0.3 is 0 Å². The Morgan fingerprint density at radius 1 is 0.524 bits per heavy atom. The number of aromatic hydroxyl groups is 1. The number of hydrogen-bond donors (Lipinski definition) is 1. The Morgan fingerprint density at radius 3 is 1.67 bits per heavy atom. The van der Waals surface area contributed by atoms with Crippen LogP contribution >= 0.6 is 0 Å². The van der Waals surface area contributed by atoms with Crippen LogP contribution in [0.25, 0.3) is 32.7 Å². The van der Waals surface area contributed by atoms with Gasteiger partial charge in [0.15, 0.2) is 0 Å². The van der Waals surface area contributed by atoms with Crippen molar-refractivity contribution >= 4 is 27.2 Å². The monoisotopic (exact) mass is 733 g/mol. The molecule has 0 spiro atoms. The third kappa shape index (κ3) is 6.89. The molecule has 1 saturated carbocycles. The summed E-state index contributed by atoms with van der Waals surface area (Å²) in [6.07, 6.45) is 16.3. The van der Waals surface area contributed by atoms with E-state index in [0.29, 0.717) is 5.75 Å². The molecule has 0 bridgehead atoms. The van der Waals surface area contributed by atoms with Crippen LogP contribution in [0.3, 0.4) is 0 Å². The molecule has 5 aromatic carbocycles. The smallest absolute Gasteiger partial charge is 0.124 e. The van der Waals surface area contributed by atoms with Crippen molar-refractivity contribution in [1.82, 2.24) is 4.90 Å². The van der Waals surface area contributed by atoms with Crippen LogP contribution in [-0.4, -0.2) is 16.7 Å². The summed E-state index contributed by atoms with van der Waals surface area (Å²) in [5.41, 5.74) is 4.32. The van der Waals surface area contributed by atoms with E-state index in [1.165, 1.54) is 56.9 Å². The van der Waals surface area contributed by atoms with Gasteiger partial charge in [0.2, 0.25) is 0 Å². The summed E-state index contributed by atoms with van der Waals surface area (Å²) in [4.78, 5) is 4.57. The first-order valence-corrected chi connectivity index (χ1v) is 15.2. The predicted molar refractivity (Wildman–Crippen MR) is 174 cm³/mol. The molecule has 1 heterocycles. The van der Waals surface area contributed by atoms with E-state index in [-0.39, 0.29) is 20.1 Å². The van der Waals surface area contributed by atoms with Crippen molar-refractivity contribution < 1.29 is 25.2 Å². The summed E-state index contributed by atoms with van der Waals surface area (Å²) in [6, 6.07) is 35.3. The Balaban J connectivity index is 0.000000342. The molecule has 0 unspecified atom stereocenters. The Bertz CT molecular complexity index is 1610. The number of rotatable bonds is 4. The minimum Gasteiger partial charge on any atom is -0.507 e. The van der Waals surface area contributed by atoms with E-state index in [4.69, 9.17) is 0 Å². The second kappa shape index (κ2) is 14.5. The molecule has 7 rings (SSSR count). The molecular weight excluding hydrogens is 693 g/mol. The van der Waals surface area contributed by atoms with Crippen molar-refractivity contribution in [2.45, 2.75) is 57.9 Å². The fourth-order valence-electron chi connectivity index (χ4n) is 6.24. The van der Waals surface area contributed by atoms with E-state index < -0.39 is 0 Å². The van der Waals surface area contributed by atoms with Crippen LogP contribution in [0.4, 0.5) is 5.69 Å². The first-order valence-electron chi connectivity index (χ1n) is 15.2. The van der Waals surface area contributed by atoms with Crippen molar-refractivity contribution in [1.29, 1.82) is 0 Å². The molecule has 0 saturated heterocycles. The number of fused-ring (bicyclic) bond motifs is 2. The van der Waals surface area contributed by atoms with Crippen LogP contribution in [0.2, 0.25) is 0 Å². The summed E-state index contributed by atoms with van der Waals surface area (Å²) in [5, 5.41) is 15.6. The quantitative estimate of drug-likeness (QED) is 0.199. The zero-order valence-electron chi connectivity index (χ0n) is 24.2. The molecule has 4 heteroatoms. The zero-order chi connectivity index (χ0) is 27.9. The number of benzene rings is 5. The van der Waals surface area contributed by atoms with Gasteiger partial charge in [-0.3, -0.25) is 0 Å². The standard InChI is InChI=1S/C30H24N2O.C8H16.Ir/c33-28-17-15-24-11-5-7-13-26(24)30(28)29-25-12-6-4-10-23(25)14-16-27(29)32-19-18-31(21-32)20-22-8-2-1-3-9-22;1-2-4-6-8-7-5-3-1;/h1-19,33H,20-21H2;1-8H2;. The van der Waals surface area contributed by atoms with E-state index in [1.807, 2.05) is 30.3 Å². The van der Waals surface area contributed by atoms with Crippen LogP contribution < -0.4 is 4.90 Å². The van der Waals surface area contributed by atoms with Crippen molar-refractivity contribution in [3.05, 3.63) is 121 Å². The Kier molecular flexibility index (Phi) is 10.3. The van der Waals surface area contributed by atoms with E-state index in [2.05, 4.69) is 95.0 Å². The summed E-state index contributed by atoms with van der Waals surface area (Å²) in [5.74, 6) is 0.302. The SMILES string of the molecule is C1CCCCCCC1.Oc1ccc2ccccc2c1-c1c(N2C=CN(Cc3ccccc3)C2)ccc2ccccc12.[Ir]. The number of hydrogen-bond acceptors (Lipinski definition) is 3. The van der Waals surface area contributed by atoms with Crippen molar-refractivity contribution in [2.75, 3.05) is 11.6 Å². The van der Waals surface area contributed by atoms with Crippen LogP contribution in [0, 0.1) is 0 Å². The van der Waals surface area contributed by atoms with Gasteiger partial charge in [0, 0.05) is 50.2 Å². The van der Waals surface area contributed by atoms with Gasteiger partial charge in [-0.05, 0) is 39.2 Å². The van der Waals surface area contributed by atoms with Gasteiger partial charge in [0.1, 0.15) is 5.75 Å². The van der Waals surface area contributed by atoms with Crippen molar-refractivity contribution in [3.63, 3.8) is 0 Å². The second-order valence-electron chi connectivity index (χ2n) is 11.3. The normalized spacial score (nSPS) is 15.0. The summed E-state index contributed by atoms with van der Waals surface area (Å²) >= 11 is 0. The van der Waals surface area contributed by atoms with E-state index in [0.717, 1.165) is 51.6 Å². The molecule has 5 aromatic rings. The van der Waals surface area contributed by atoms with Crippen molar-refractivity contribution in [3.8, 4) is 16.9 Å². The minimum atomic E-state index is 0. The molecule has 3 nitrogen and oxygen atoms in total. The third-order valence-corrected chi connectivity index (χ3v) is 8.39. The Hall–Kier alpha value is -3.59. The number of nitrogens with zero attached hydrogens (tertiary/aromatic N) is 2. The molecule has 2 aliphatic rings. The Morgan fingerprint density at radius 2 is 1.05 bits per heavy atom. The summed E-state index contributed by atoms with van der Waals surface area (Å²) in [6.45, 7) is 1.61. The number of phenolic OH excluding ortho intramolecular Hbond substituents is 1. The van der Waals surface area contributed by atoms with Gasteiger partial charge in [-0.1, -0.05) is 142 Å². The molecule has 1 radical (unpaired) electrons. The van der Waals surface area contributed by atoms with Gasteiger partial charge in [0.05, 0.1) is 12.4 Å². The average molecular weight is 733 g/mol. The van der Waals surface area contributed by atoms with Crippen LogP contribution in [-0.2, 0) is 26.7 Å². The average Bonchev–Trinajstić information content (AvgIpc) is 3.45. The molecule has 1 N–H and O–H groups in total. The first kappa shape index (κ1) is 29.9. The van der Waals surface area contributed by atoms with Crippen LogP contribution in [0.15, 0.2) is 116 Å². The number of anilines is 1. The Labute approximate surface area is 263 Å². The topological polar surface area (TPSA) is 26.7 Å². The maximum absolute atomic E-state index is 11.1. The first-order chi connectivity index (χ1) is 20.3. The molecular formula is C38H40IrN2O. The van der Waals surface area contributed by atoms with Crippen LogP contribution in [0.5, 0.6) is 5.75 Å². The van der Waals surface area contributed by atoms with Crippen LogP contribution in [0.1, 0.15) is 56.9 Å². The van der Waals surface area contributed by atoms with Gasteiger partial charge < -0.3 is 14.9 Å². The summed E-state index contributed by atoms with van der Waals surface area (Å²) < 4.78 is 0. The van der Waals surface area contributed by atoms with Gasteiger partial charge in [-0.15, -0.1) is 0 Å². The van der Waals surface area contributed by atoms with E-state index >= 15 is 0 Å². The number of phenols is 1. The molecule has 1 aliphatic carbocycles. The van der Waals surface area contributed by atoms with Gasteiger partial charge in [-0.25, -0.2) is 0 Å². The zero-order valence-corrected chi connectivity index (χ0v) is 26.6. The van der Waals surface area contributed by atoms with E-state index in [9.17, 15) is 5.11 Å². The largest absolute Gasteiger partial charge is 0.507 e. The molecule has 0 amide bonds. The van der Waals surface area contributed by atoms with Crippen molar-refractivity contribution in [2.24, 2.45) is 0 Å². The molecule has 1 aliphatic heterocycles. The van der Waals surface area contributed by atoms with Gasteiger partial charge in [0.25, 0.3) is 0 Å². The molecule has 0 atom stereocenters. The summed E-state index contributed by atoms with van der Waals surface area (Å²) in [7, 11) is 0. The molecule has 217 valence electrons. The van der Waals surface area contributed by atoms with E-state index in [1.54, 1.807) is 0 Å². The second-order valence-corrected chi connectivity index (χ2v) is 11.3. The minimum absolute atomic E-state index is 0. The van der Waals surface area contributed by atoms with Gasteiger partial charge in [-0.2, -0.15) is 0 Å². The predicted octanol–water partition coefficient (Wildman–Crippen LogP) is 10.2.